The highest BCUT2D eigenvalue weighted by Gasteiger charge is 2.23. The summed E-state index contributed by atoms with van der Waals surface area (Å²) >= 11 is 5.90. The molecule has 10 nitrogen and oxygen atoms in total. The van der Waals surface area contributed by atoms with E-state index in [1.165, 1.54) is 18.2 Å². The van der Waals surface area contributed by atoms with Crippen molar-refractivity contribution in [3.63, 3.8) is 0 Å². The minimum absolute atomic E-state index is 0.0193. The topological polar surface area (TPSA) is 139 Å². The van der Waals surface area contributed by atoms with Gasteiger partial charge in [0.05, 0.1) is 16.3 Å². The molecule has 0 unspecified atom stereocenters. The molecule has 1 heterocycles. The standard InChI is InChI=1S/C25H17ClF2N6O4/c26-18-9-10-20(34-30-13-29-33-34)17(22(18)28)8-11-21(35)32-23(14-4-2-1-3-5-14)24(36)31-15-6-7-16(25(37)38)19(27)12-15/h1-13,23H,(H,31,36)(H,32,35)(H,37,38)/b11-8+/t23-/m0/s1. The second-order valence-electron chi connectivity index (χ2n) is 7.69. The van der Waals surface area contributed by atoms with Crippen LogP contribution in [-0.2, 0) is 9.59 Å². The average Bonchev–Trinajstić information content (AvgIpc) is 3.43. The number of hydrogen-bond donors (Lipinski definition) is 3. The van der Waals surface area contributed by atoms with Gasteiger partial charge in [0, 0.05) is 17.3 Å². The number of carboxylic acid groups (broad SMARTS) is 1. The van der Waals surface area contributed by atoms with Crippen molar-refractivity contribution >= 4 is 41.1 Å². The number of aromatic nitrogens is 4. The molecule has 0 spiro atoms. The fourth-order valence-corrected chi connectivity index (χ4v) is 3.61. The lowest BCUT2D eigenvalue weighted by Gasteiger charge is -2.18. The molecular formula is C25H17ClF2N6O4. The first-order chi connectivity index (χ1) is 18.2. The maximum Gasteiger partial charge on any atom is 0.338 e. The first-order valence-electron chi connectivity index (χ1n) is 10.8. The van der Waals surface area contributed by atoms with Gasteiger partial charge in [-0.1, -0.05) is 41.9 Å². The molecule has 1 atom stereocenters. The van der Waals surface area contributed by atoms with Gasteiger partial charge in [-0.3, -0.25) is 9.59 Å². The average molecular weight is 539 g/mol. The number of rotatable bonds is 8. The Morgan fingerprint density at radius 3 is 2.47 bits per heavy atom. The number of tetrazole rings is 1. The predicted octanol–water partition coefficient (Wildman–Crippen LogP) is 3.80. The smallest absolute Gasteiger partial charge is 0.338 e. The minimum atomic E-state index is -1.46. The quantitative estimate of drug-likeness (QED) is 0.290. The van der Waals surface area contributed by atoms with Crippen LogP contribution in [0.25, 0.3) is 11.8 Å². The van der Waals surface area contributed by atoms with Crippen molar-refractivity contribution in [2.75, 3.05) is 5.32 Å². The number of aromatic carboxylic acids is 1. The molecule has 0 bridgehead atoms. The van der Waals surface area contributed by atoms with Crippen LogP contribution in [0.4, 0.5) is 14.5 Å². The van der Waals surface area contributed by atoms with Gasteiger partial charge >= 0.3 is 5.97 Å². The van der Waals surface area contributed by atoms with E-state index < -0.39 is 41.0 Å². The molecule has 3 N–H and O–H groups in total. The normalized spacial score (nSPS) is 11.8. The monoisotopic (exact) mass is 538 g/mol. The van der Waals surface area contributed by atoms with Crippen LogP contribution in [0.2, 0.25) is 5.02 Å². The van der Waals surface area contributed by atoms with E-state index in [2.05, 4.69) is 26.0 Å². The summed E-state index contributed by atoms with van der Waals surface area (Å²) in [6, 6.07) is 12.8. The SMILES string of the molecule is O=C(/C=C/c1c(-n2ncnn2)ccc(Cl)c1F)N[C@H](C(=O)Nc1ccc(C(=O)O)c(F)c1)c1ccccc1. The van der Waals surface area contributed by atoms with Crippen molar-refractivity contribution in [2.45, 2.75) is 6.04 Å². The molecule has 0 aliphatic heterocycles. The van der Waals surface area contributed by atoms with Crippen LogP contribution in [0.5, 0.6) is 0 Å². The summed E-state index contributed by atoms with van der Waals surface area (Å²) in [5.41, 5.74) is -0.113. The fraction of sp³-hybridized carbons (Fsp3) is 0.0400. The number of carboxylic acids is 1. The summed E-state index contributed by atoms with van der Waals surface area (Å²) in [6.45, 7) is 0. The summed E-state index contributed by atoms with van der Waals surface area (Å²) in [4.78, 5) is 38.0. The Kier molecular flexibility index (Phi) is 7.83. The Balaban J connectivity index is 1.58. The summed E-state index contributed by atoms with van der Waals surface area (Å²) in [5, 5.41) is 24.9. The molecule has 0 saturated heterocycles. The van der Waals surface area contributed by atoms with Crippen molar-refractivity contribution in [1.29, 1.82) is 0 Å². The van der Waals surface area contributed by atoms with Crippen LogP contribution < -0.4 is 10.6 Å². The third kappa shape index (κ3) is 5.87. The molecule has 4 aromatic rings. The van der Waals surface area contributed by atoms with E-state index in [0.29, 0.717) is 5.56 Å². The van der Waals surface area contributed by atoms with E-state index in [9.17, 15) is 23.2 Å². The summed E-state index contributed by atoms with van der Waals surface area (Å²) in [6.07, 6.45) is 3.30. The van der Waals surface area contributed by atoms with E-state index >= 15 is 0 Å². The van der Waals surface area contributed by atoms with Gasteiger partial charge in [0.15, 0.2) is 12.1 Å². The third-order valence-corrected chi connectivity index (χ3v) is 5.52. The molecular weight excluding hydrogens is 522 g/mol. The molecule has 38 heavy (non-hydrogen) atoms. The Morgan fingerprint density at radius 2 is 1.82 bits per heavy atom. The van der Waals surface area contributed by atoms with Crippen molar-refractivity contribution in [2.24, 2.45) is 0 Å². The van der Waals surface area contributed by atoms with Gasteiger partial charge in [0.2, 0.25) is 5.91 Å². The van der Waals surface area contributed by atoms with Crippen molar-refractivity contribution < 1.29 is 28.3 Å². The lowest BCUT2D eigenvalue weighted by Crippen LogP contribution is -2.36. The van der Waals surface area contributed by atoms with Crippen molar-refractivity contribution in [1.82, 2.24) is 25.5 Å². The lowest BCUT2D eigenvalue weighted by atomic mass is 10.1. The van der Waals surface area contributed by atoms with E-state index in [-0.39, 0.29) is 22.0 Å². The highest BCUT2D eigenvalue weighted by atomic mass is 35.5. The van der Waals surface area contributed by atoms with Gasteiger partial charge in [-0.2, -0.15) is 0 Å². The highest BCUT2D eigenvalue weighted by Crippen LogP contribution is 2.25. The van der Waals surface area contributed by atoms with Gasteiger partial charge in [-0.05, 0) is 47.2 Å². The molecule has 0 saturated carbocycles. The van der Waals surface area contributed by atoms with E-state index in [1.54, 1.807) is 30.3 Å². The van der Waals surface area contributed by atoms with E-state index in [1.807, 2.05) is 0 Å². The minimum Gasteiger partial charge on any atom is -0.478 e. The number of amides is 2. The highest BCUT2D eigenvalue weighted by molar-refractivity contribution is 6.31. The Hall–Kier alpha value is -4.97. The largest absolute Gasteiger partial charge is 0.478 e. The van der Waals surface area contributed by atoms with E-state index in [0.717, 1.165) is 35.4 Å². The number of carbonyl (C=O) groups is 3. The Morgan fingerprint density at radius 1 is 1.05 bits per heavy atom. The molecule has 4 rings (SSSR count). The first kappa shape index (κ1) is 26.1. The van der Waals surface area contributed by atoms with Crippen LogP contribution in [0.1, 0.15) is 27.5 Å². The van der Waals surface area contributed by atoms with Gasteiger partial charge in [-0.25, -0.2) is 13.6 Å². The molecule has 0 aliphatic carbocycles. The molecule has 1 aromatic heterocycles. The zero-order valence-electron chi connectivity index (χ0n) is 19.2. The molecule has 0 fully saturated rings. The van der Waals surface area contributed by atoms with Crippen LogP contribution >= 0.6 is 11.6 Å². The summed E-state index contributed by atoms with van der Waals surface area (Å²) in [5.74, 6) is -4.82. The van der Waals surface area contributed by atoms with Gasteiger partial charge < -0.3 is 15.7 Å². The predicted molar refractivity (Wildman–Crippen MR) is 132 cm³/mol. The number of carbonyl (C=O) groups excluding carboxylic acids is 2. The maximum absolute atomic E-state index is 14.8. The molecule has 192 valence electrons. The number of nitrogens with zero attached hydrogens (tertiary/aromatic N) is 4. The molecule has 13 heteroatoms. The fourth-order valence-electron chi connectivity index (χ4n) is 3.44. The van der Waals surface area contributed by atoms with Crippen LogP contribution in [0, 0.1) is 11.6 Å². The third-order valence-electron chi connectivity index (χ3n) is 5.22. The lowest BCUT2D eigenvalue weighted by molar-refractivity contribution is -0.123. The van der Waals surface area contributed by atoms with Crippen molar-refractivity contribution in [3.8, 4) is 5.69 Å². The molecule has 3 aromatic carbocycles. The van der Waals surface area contributed by atoms with Crippen molar-refractivity contribution in [3.05, 3.63) is 106 Å². The van der Waals surface area contributed by atoms with Crippen LogP contribution in [-0.4, -0.2) is 43.1 Å². The molecule has 0 aliphatic rings. The number of halogens is 3. The zero-order chi connectivity index (χ0) is 27.2. The number of nitrogens with one attached hydrogen (secondary N) is 2. The second kappa shape index (κ2) is 11.4. The number of anilines is 1. The first-order valence-corrected chi connectivity index (χ1v) is 11.2. The van der Waals surface area contributed by atoms with Crippen LogP contribution in [0.15, 0.2) is 73.1 Å². The summed E-state index contributed by atoms with van der Waals surface area (Å²) < 4.78 is 28.9. The van der Waals surface area contributed by atoms with Gasteiger partial charge in [0.1, 0.15) is 11.9 Å². The number of hydrogen-bond acceptors (Lipinski definition) is 6. The maximum atomic E-state index is 14.8. The van der Waals surface area contributed by atoms with E-state index in [4.69, 9.17) is 16.7 Å². The van der Waals surface area contributed by atoms with Gasteiger partial charge in [-0.15, -0.1) is 15.0 Å². The summed E-state index contributed by atoms with van der Waals surface area (Å²) in [7, 11) is 0. The molecule has 0 radical (unpaired) electrons. The van der Waals surface area contributed by atoms with Gasteiger partial charge in [0.25, 0.3) is 5.91 Å². The molecule has 2 amide bonds. The Bertz CT molecular complexity index is 1530. The Labute approximate surface area is 218 Å². The second-order valence-corrected chi connectivity index (χ2v) is 8.10. The van der Waals surface area contributed by atoms with Crippen LogP contribution in [0.3, 0.4) is 0 Å². The zero-order valence-corrected chi connectivity index (χ0v) is 19.9. The number of benzene rings is 3.